The van der Waals surface area contributed by atoms with Crippen molar-refractivity contribution >= 4 is 11.7 Å². The van der Waals surface area contributed by atoms with Crippen molar-refractivity contribution in [2.24, 2.45) is 11.7 Å². The monoisotopic (exact) mass is 370 g/mol. The first-order valence-corrected chi connectivity index (χ1v) is 9.22. The normalized spacial score (nSPS) is 23.5. The number of amides is 1. The van der Waals surface area contributed by atoms with Gasteiger partial charge in [-0.15, -0.1) is 0 Å². The zero-order chi connectivity index (χ0) is 18.8. The highest BCUT2D eigenvalue weighted by atomic mass is 19.1. The summed E-state index contributed by atoms with van der Waals surface area (Å²) in [5, 5.41) is 0. The van der Waals surface area contributed by atoms with E-state index in [1.165, 1.54) is 12.3 Å². The van der Waals surface area contributed by atoms with Crippen LogP contribution in [0.2, 0.25) is 0 Å². The number of piperidine rings is 1. The molecule has 2 atom stereocenters. The van der Waals surface area contributed by atoms with Crippen molar-refractivity contribution in [2.75, 3.05) is 24.5 Å². The molecule has 27 heavy (non-hydrogen) atoms. The molecule has 3 heterocycles. The highest BCUT2D eigenvalue weighted by Gasteiger charge is 2.36. The zero-order valence-corrected chi connectivity index (χ0v) is 14.9. The number of carbonyl (C=O) groups excluding carboxylic acids is 1. The molecule has 2 unspecified atom stereocenters. The summed E-state index contributed by atoms with van der Waals surface area (Å²) < 4.78 is 13.6. The van der Waals surface area contributed by atoms with E-state index in [1.54, 1.807) is 18.3 Å². The Morgan fingerprint density at radius 3 is 2.81 bits per heavy atom. The molecule has 0 bridgehead atoms. The molecule has 2 fully saturated rings. The Morgan fingerprint density at radius 1 is 1.26 bits per heavy atom. The quantitative estimate of drug-likeness (QED) is 0.748. The van der Waals surface area contributed by atoms with Crippen LogP contribution >= 0.6 is 0 Å². The molecule has 2 aliphatic rings. The lowest BCUT2D eigenvalue weighted by atomic mass is 9.80. The topological polar surface area (TPSA) is 96.2 Å². The van der Waals surface area contributed by atoms with Crippen LogP contribution in [0.3, 0.4) is 0 Å². The van der Waals surface area contributed by atoms with Gasteiger partial charge in [-0.3, -0.25) is 20.6 Å². The van der Waals surface area contributed by atoms with E-state index in [2.05, 4.69) is 25.7 Å². The van der Waals surface area contributed by atoms with Crippen molar-refractivity contribution in [3.8, 4) is 0 Å². The summed E-state index contributed by atoms with van der Waals surface area (Å²) in [5.74, 6) is 0.634. The van der Waals surface area contributed by atoms with Gasteiger partial charge in [-0.05, 0) is 36.5 Å². The predicted molar refractivity (Wildman–Crippen MR) is 99.6 cm³/mol. The van der Waals surface area contributed by atoms with Crippen molar-refractivity contribution in [3.63, 3.8) is 0 Å². The Labute approximate surface area is 157 Å². The van der Waals surface area contributed by atoms with Gasteiger partial charge in [0.2, 0.25) is 0 Å². The lowest BCUT2D eigenvalue weighted by molar-refractivity contribution is 0.0995. The van der Waals surface area contributed by atoms with Crippen molar-refractivity contribution in [2.45, 2.75) is 24.8 Å². The molecular formula is C19H23FN6O. The number of nitrogens with two attached hydrogens (primary N) is 1. The van der Waals surface area contributed by atoms with Gasteiger partial charge in [-0.25, -0.2) is 9.37 Å². The van der Waals surface area contributed by atoms with E-state index in [0.717, 1.165) is 38.0 Å². The molecule has 1 amide bonds. The second kappa shape index (κ2) is 7.58. The molecule has 2 aromatic rings. The van der Waals surface area contributed by atoms with Crippen molar-refractivity contribution in [3.05, 3.63) is 53.7 Å². The first-order chi connectivity index (χ1) is 13.1. The summed E-state index contributed by atoms with van der Waals surface area (Å²) in [5.41, 5.74) is 13.1. The van der Waals surface area contributed by atoms with E-state index >= 15 is 0 Å². The largest absolute Gasteiger partial charge is 0.364 e. The molecular weight excluding hydrogens is 347 g/mol. The maximum absolute atomic E-state index is 13.6. The fourth-order valence-corrected chi connectivity index (χ4v) is 4.14. The molecule has 0 spiro atoms. The highest BCUT2D eigenvalue weighted by molar-refractivity contribution is 5.90. The minimum atomic E-state index is -0.571. The Kier molecular flexibility index (Phi) is 5.00. The maximum atomic E-state index is 13.6. The number of halogens is 1. The van der Waals surface area contributed by atoms with Gasteiger partial charge in [0.25, 0.3) is 5.91 Å². The Balaban J connectivity index is 1.43. The minimum absolute atomic E-state index is 0.183. The molecule has 2 saturated heterocycles. The standard InChI is InChI=1S/C19H23FN6O/c20-14-3-1-2-13(8-14)15-9-23-25-18(15)12-4-6-26(7-5-12)17-11-22-10-16(24-17)19(21)27/h1-3,8,10-12,15,18,23,25H,4-7,9H2,(H2,21,27). The van der Waals surface area contributed by atoms with Crippen LogP contribution in [0.5, 0.6) is 0 Å². The molecule has 4 rings (SSSR count). The van der Waals surface area contributed by atoms with Crippen LogP contribution < -0.4 is 21.5 Å². The molecule has 8 heteroatoms. The first-order valence-electron chi connectivity index (χ1n) is 9.22. The summed E-state index contributed by atoms with van der Waals surface area (Å²) in [7, 11) is 0. The van der Waals surface area contributed by atoms with E-state index in [1.807, 2.05) is 6.07 Å². The number of carbonyl (C=O) groups is 1. The lowest BCUT2D eigenvalue weighted by Gasteiger charge is -2.37. The molecule has 142 valence electrons. The van der Waals surface area contributed by atoms with E-state index in [4.69, 9.17) is 5.73 Å². The zero-order valence-electron chi connectivity index (χ0n) is 14.9. The fourth-order valence-electron chi connectivity index (χ4n) is 4.14. The summed E-state index contributed by atoms with van der Waals surface area (Å²) in [6.07, 6.45) is 5.01. The van der Waals surface area contributed by atoms with Crippen LogP contribution in [-0.4, -0.2) is 41.6 Å². The first kappa shape index (κ1) is 17.8. The number of nitrogens with one attached hydrogen (secondary N) is 2. The number of nitrogens with zero attached hydrogens (tertiary/aromatic N) is 3. The average Bonchev–Trinajstić information content (AvgIpc) is 3.18. The van der Waals surface area contributed by atoms with E-state index in [0.29, 0.717) is 11.7 Å². The number of anilines is 1. The lowest BCUT2D eigenvalue weighted by Crippen LogP contribution is -2.44. The van der Waals surface area contributed by atoms with Crippen LogP contribution in [0.1, 0.15) is 34.8 Å². The number of rotatable bonds is 4. The van der Waals surface area contributed by atoms with Crippen LogP contribution in [0.25, 0.3) is 0 Å². The molecule has 1 aromatic heterocycles. The van der Waals surface area contributed by atoms with Gasteiger partial charge >= 0.3 is 0 Å². The molecule has 0 aliphatic carbocycles. The maximum Gasteiger partial charge on any atom is 0.268 e. The second-order valence-electron chi connectivity index (χ2n) is 7.16. The summed E-state index contributed by atoms with van der Waals surface area (Å²) in [6.45, 7) is 2.45. The SMILES string of the molecule is NC(=O)c1cncc(N2CCC(C3NNCC3c3cccc(F)c3)CC2)n1. The molecule has 0 saturated carbocycles. The van der Waals surface area contributed by atoms with Crippen LogP contribution in [0, 0.1) is 11.7 Å². The molecule has 1 aromatic carbocycles. The van der Waals surface area contributed by atoms with E-state index in [9.17, 15) is 9.18 Å². The summed E-state index contributed by atoms with van der Waals surface area (Å²) in [6, 6.07) is 7.14. The number of benzene rings is 1. The van der Waals surface area contributed by atoms with Crippen LogP contribution in [-0.2, 0) is 0 Å². The van der Waals surface area contributed by atoms with Gasteiger partial charge in [0, 0.05) is 31.6 Å². The van der Waals surface area contributed by atoms with Crippen molar-refractivity contribution in [1.82, 2.24) is 20.8 Å². The van der Waals surface area contributed by atoms with Gasteiger partial charge < -0.3 is 10.6 Å². The van der Waals surface area contributed by atoms with E-state index in [-0.39, 0.29) is 23.5 Å². The van der Waals surface area contributed by atoms with Gasteiger partial charge in [-0.2, -0.15) is 0 Å². The third-order valence-electron chi connectivity index (χ3n) is 5.55. The van der Waals surface area contributed by atoms with Gasteiger partial charge in [-0.1, -0.05) is 12.1 Å². The van der Waals surface area contributed by atoms with Gasteiger partial charge in [0.1, 0.15) is 17.3 Å². The smallest absolute Gasteiger partial charge is 0.268 e. The number of hydrogen-bond donors (Lipinski definition) is 3. The predicted octanol–water partition coefficient (Wildman–Crippen LogP) is 1.19. The number of hydrazine groups is 1. The van der Waals surface area contributed by atoms with Gasteiger partial charge in [0.15, 0.2) is 0 Å². The molecule has 7 nitrogen and oxygen atoms in total. The molecule has 4 N–H and O–H groups in total. The molecule has 2 aliphatic heterocycles. The Morgan fingerprint density at radius 2 is 2.07 bits per heavy atom. The fraction of sp³-hybridized carbons (Fsp3) is 0.421. The number of aromatic nitrogens is 2. The highest BCUT2D eigenvalue weighted by Crippen LogP contribution is 2.33. The number of hydrogen-bond acceptors (Lipinski definition) is 6. The Hall–Kier alpha value is -2.58. The van der Waals surface area contributed by atoms with E-state index < -0.39 is 5.91 Å². The molecule has 0 radical (unpaired) electrons. The third-order valence-corrected chi connectivity index (χ3v) is 5.55. The second-order valence-corrected chi connectivity index (χ2v) is 7.16. The third kappa shape index (κ3) is 3.77. The average molecular weight is 370 g/mol. The van der Waals surface area contributed by atoms with Gasteiger partial charge in [0.05, 0.1) is 12.4 Å². The number of primary amides is 1. The van der Waals surface area contributed by atoms with Crippen LogP contribution in [0.4, 0.5) is 10.2 Å². The minimum Gasteiger partial charge on any atom is -0.364 e. The van der Waals surface area contributed by atoms with Crippen molar-refractivity contribution < 1.29 is 9.18 Å². The summed E-state index contributed by atoms with van der Waals surface area (Å²) in [4.78, 5) is 21.8. The van der Waals surface area contributed by atoms with Crippen molar-refractivity contribution in [1.29, 1.82) is 0 Å². The van der Waals surface area contributed by atoms with Crippen LogP contribution in [0.15, 0.2) is 36.7 Å². The summed E-state index contributed by atoms with van der Waals surface area (Å²) >= 11 is 0. The Bertz CT molecular complexity index is 823.